The van der Waals surface area contributed by atoms with Gasteiger partial charge in [0.15, 0.2) is 17.3 Å². The fourth-order valence-electron chi connectivity index (χ4n) is 1.78. The smallest absolute Gasteiger partial charge is 0.336 e. The number of carboxylic acid groups (broad SMARTS) is 1. The molecule has 0 unspecified atom stereocenters. The van der Waals surface area contributed by atoms with E-state index in [0.29, 0.717) is 6.07 Å². The maximum Gasteiger partial charge on any atom is 0.336 e. The van der Waals surface area contributed by atoms with Crippen LogP contribution in [0.25, 0.3) is 0 Å². The van der Waals surface area contributed by atoms with Crippen LogP contribution in [0, 0.1) is 0 Å². The molecule has 0 bridgehead atoms. The lowest BCUT2D eigenvalue weighted by Gasteiger charge is -2.10. The number of carbonyl (C=O) groups is 2. The third-order valence-electron chi connectivity index (χ3n) is 2.75. The summed E-state index contributed by atoms with van der Waals surface area (Å²) in [6.07, 6.45) is 0. The average Bonchev–Trinajstić information content (AvgIpc) is 2.44. The van der Waals surface area contributed by atoms with Gasteiger partial charge in [-0.15, -0.1) is 0 Å². The van der Waals surface area contributed by atoms with E-state index >= 15 is 0 Å². The summed E-state index contributed by atoms with van der Waals surface area (Å²) < 4.78 is 0. The molecule has 0 radical (unpaired) electrons. The van der Waals surface area contributed by atoms with Crippen LogP contribution < -0.4 is 0 Å². The van der Waals surface area contributed by atoms with Crippen LogP contribution in [0.4, 0.5) is 0 Å². The van der Waals surface area contributed by atoms with Crippen molar-refractivity contribution < 1.29 is 30.0 Å². The van der Waals surface area contributed by atoms with E-state index in [2.05, 4.69) is 0 Å². The van der Waals surface area contributed by atoms with E-state index in [4.69, 9.17) is 5.11 Å². The van der Waals surface area contributed by atoms with Crippen molar-refractivity contribution in [3.63, 3.8) is 0 Å². The summed E-state index contributed by atoms with van der Waals surface area (Å²) in [6.45, 7) is 0. The number of benzene rings is 2. The number of hydrogen-bond acceptors (Lipinski definition) is 5. The Morgan fingerprint density at radius 3 is 2.05 bits per heavy atom. The summed E-state index contributed by atoms with van der Waals surface area (Å²) in [5, 5.41) is 37.6. The van der Waals surface area contributed by atoms with Crippen molar-refractivity contribution in [2.75, 3.05) is 0 Å². The number of phenols is 3. The number of rotatable bonds is 3. The summed E-state index contributed by atoms with van der Waals surface area (Å²) in [4.78, 5) is 23.4. The number of aromatic carboxylic acids is 1. The van der Waals surface area contributed by atoms with Crippen LogP contribution in [-0.2, 0) is 0 Å². The highest BCUT2D eigenvalue weighted by molar-refractivity contribution is 6.16. The first-order chi connectivity index (χ1) is 9.43. The van der Waals surface area contributed by atoms with Gasteiger partial charge in [0.25, 0.3) is 0 Å². The van der Waals surface area contributed by atoms with Gasteiger partial charge in [-0.25, -0.2) is 4.79 Å². The Kier molecular flexibility index (Phi) is 3.30. The van der Waals surface area contributed by atoms with Crippen LogP contribution in [0.2, 0.25) is 0 Å². The predicted molar refractivity (Wildman–Crippen MR) is 68.3 cm³/mol. The predicted octanol–water partition coefficient (Wildman–Crippen LogP) is 1.73. The molecule has 0 saturated carbocycles. The molecule has 0 saturated heterocycles. The zero-order valence-electron chi connectivity index (χ0n) is 10.1. The maximum atomic E-state index is 12.2. The number of phenolic OH excluding ortho intramolecular Hbond substituents is 3. The van der Waals surface area contributed by atoms with Crippen LogP contribution in [-0.4, -0.2) is 32.2 Å². The van der Waals surface area contributed by atoms with Gasteiger partial charge in [-0.1, -0.05) is 30.3 Å². The third kappa shape index (κ3) is 2.14. The molecule has 2 rings (SSSR count). The van der Waals surface area contributed by atoms with Gasteiger partial charge in [0.05, 0.1) is 11.1 Å². The van der Waals surface area contributed by atoms with Crippen molar-refractivity contribution in [2.45, 2.75) is 0 Å². The Morgan fingerprint density at radius 1 is 0.900 bits per heavy atom. The second kappa shape index (κ2) is 4.93. The van der Waals surface area contributed by atoms with E-state index in [1.807, 2.05) is 0 Å². The lowest BCUT2D eigenvalue weighted by Crippen LogP contribution is -2.10. The molecule has 0 atom stereocenters. The van der Waals surface area contributed by atoms with Crippen molar-refractivity contribution in [3.05, 3.63) is 53.1 Å². The molecule has 0 heterocycles. The Morgan fingerprint density at radius 2 is 1.50 bits per heavy atom. The molecule has 0 aliphatic heterocycles. The van der Waals surface area contributed by atoms with E-state index in [-0.39, 0.29) is 5.56 Å². The molecule has 0 aliphatic carbocycles. The van der Waals surface area contributed by atoms with Gasteiger partial charge in [0, 0.05) is 5.56 Å². The van der Waals surface area contributed by atoms with Crippen LogP contribution in [0.3, 0.4) is 0 Å². The monoisotopic (exact) mass is 274 g/mol. The van der Waals surface area contributed by atoms with Crippen LogP contribution >= 0.6 is 0 Å². The first-order valence-electron chi connectivity index (χ1n) is 5.54. The van der Waals surface area contributed by atoms with Gasteiger partial charge in [-0.05, 0) is 6.07 Å². The molecule has 0 spiro atoms. The lowest BCUT2D eigenvalue weighted by atomic mass is 9.96. The van der Waals surface area contributed by atoms with Crippen molar-refractivity contribution in [1.29, 1.82) is 0 Å². The molecule has 2 aromatic rings. The van der Waals surface area contributed by atoms with Crippen molar-refractivity contribution in [1.82, 2.24) is 0 Å². The molecule has 20 heavy (non-hydrogen) atoms. The molecule has 0 amide bonds. The fraction of sp³-hybridized carbons (Fsp3) is 0. The Hall–Kier alpha value is -3.02. The van der Waals surface area contributed by atoms with Crippen LogP contribution in [0.1, 0.15) is 26.3 Å². The molecule has 6 nitrogen and oxygen atoms in total. The molecular formula is C14H10O6. The first-order valence-corrected chi connectivity index (χ1v) is 5.54. The molecule has 102 valence electrons. The van der Waals surface area contributed by atoms with Crippen molar-refractivity contribution in [2.24, 2.45) is 0 Å². The van der Waals surface area contributed by atoms with E-state index in [1.165, 1.54) is 12.1 Å². The lowest BCUT2D eigenvalue weighted by molar-refractivity contribution is 0.0691. The van der Waals surface area contributed by atoms with Crippen molar-refractivity contribution in [3.8, 4) is 17.2 Å². The third-order valence-corrected chi connectivity index (χ3v) is 2.75. The molecule has 0 aliphatic rings. The molecule has 6 heteroatoms. The van der Waals surface area contributed by atoms with Crippen LogP contribution in [0.5, 0.6) is 17.2 Å². The first kappa shape index (κ1) is 13.4. The summed E-state index contributed by atoms with van der Waals surface area (Å²) in [5.74, 6) is -4.99. The van der Waals surface area contributed by atoms with Gasteiger partial charge in [-0.3, -0.25) is 4.79 Å². The Labute approximate surface area is 113 Å². The second-order valence-electron chi connectivity index (χ2n) is 4.02. The summed E-state index contributed by atoms with van der Waals surface area (Å²) in [5.41, 5.74) is -1.01. The quantitative estimate of drug-likeness (QED) is 0.500. The number of carboxylic acids is 1. The number of ketones is 1. The molecule has 0 fully saturated rings. The molecule has 2 aromatic carbocycles. The maximum absolute atomic E-state index is 12.2. The summed E-state index contributed by atoms with van der Waals surface area (Å²) >= 11 is 0. The topological polar surface area (TPSA) is 115 Å². The zero-order chi connectivity index (χ0) is 14.9. The average molecular weight is 274 g/mol. The highest BCUT2D eigenvalue weighted by Gasteiger charge is 2.26. The number of hydrogen-bond donors (Lipinski definition) is 4. The normalized spacial score (nSPS) is 10.2. The largest absolute Gasteiger partial charge is 0.504 e. The number of aromatic hydroxyl groups is 3. The molecule has 4 N–H and O–H groups in total. The zero-order valence-corrected chi connectivity index (χ0v) is 10.1. The standard InChI is InChI=1S/C14H10O6/c15-9-6-8(14(19)20)10(13(18)12(9)17)11(16)7-4-2-1-3-5-7/h1-6,15,17-18H,(H,19,20). The van der Waals surface area contributed by atoms with E-state index in [1.54, 1.807) is 18.2 Å². The molecular weight excluding hydrogens is 264 g/mol. The fourth-order valence-corrected chi connectivity index (χ4v) is 1.78. The highest BCUT2D eigenvalue weighted by atomic mass is 16.4. The summed E-state index contributed by atoms with van der Waals surface area (Å²) in [6, 6.07) is 8.42. The van der Waals surface area contributed by atoms with Gasteiger partial charge in [0.1, 0.15) is 0 Å². The van der Waals surface area contributed by atoms with E-state index in [9.17, 15) is 24.9 Å². The summed E-state index contributed by atoms with van der Waals surface area (Å²) in [7, 11) is 0. The minimum atomic E-state index is -1.50. The van der Waals surface area contributed by atoms with Gasteiger partial charge >= 0.3 is 5.97 Å². The molecule has 0 aromatic heterocycles. The van der Waals surface area contributed by atoms with Gasteiger partial charge < -0.3 is 20.4 Å². The van der Waals surface area contributed by atoms with E-state index in [0.717, 1.165) is 0 Å². The number of carbonyl (C=O) groups excluding carboxylic acids is 1. The van der Waals surface area contributed by atoms with Crippen molar-refractivity contribution >= 4 is 11.8 Å². The SMILES string of the molecule is O=C(O)c1cc(O)c(O)c(O)c1C(=O)c1ccccc1. The highest BCUT2D eigenvalue weighted by Crippen LogP contribution is 2.40. The van der Waals surface area contributed by atoms with Crippen LogP contribution in [0.15, 0.2) is 36.4 Å². The minimum Gasteiger partial charge on any atom is -0.504 e. The van der Waals surface area contributed by atoms with E-state index < -0.39 is 40.1 Å². The minimum absolute atomic E-state index is 0.149. The Bertz CT molecular complexity index is 691. The van der Waals surface area contributed by atoms with Gasteiger partial charge in [0.2, 0.25) is 5.75 Å². The second-order valence-corrected chi connectivity index (χ2v) is 4.02. The Balaban J connectivity index is 2.70. The van der Waals surface area contributed by atoms with Gasteiger partial charge in [-0.2, -0.15) is 0 Å².